The van der Waals surface area contributed by atoms with Crippen LogP contribution < -0.4 is 0 Å². The van der Waals surface area contributed by atoms with E-state index >= 15 is 0 Å². The van der Waals surface area contributed by atoms with Crippen LogP contribution in [0.25, 0.3) is 33.2 Å². The fourth-order valence-electron chi connectivity index (χ4n) is 6.56. The Morgan fingerprint density at radius 1 is 0.833 bits per heavy atom. The number of fused-ring (bicyclic) bond motifs is 1. The molecule has 0 atom stereocenters. The number of aliphatic hydroxyl groups is 1. The van der Waals surface area contributed by atoms with Gasteiger partial charge in [0.25, 0.3) is 0 Å². The van der Waals surface area contributed by atoms with Crippen molar-refractivity contribution in [1.29, 1.82) is 0 Å². The number of aryl methyl sites for hydroxylation is 4. The maximum Gasteiger partial charge on any atom is 0.162 e. The van der Waals surface area contributed by atoms with Crippen LogP contribution in [0.3, 0.4) is 0 Å². The molecule has 1 aromatic heterocycles. The van der Waals surface area contributed by atoms with Crippen molar-refractivity contribution in [1.82, 2.24) is 4.98 Å². The van der Waals surface area contributed by atoms with E-state index in [1.165, 1.54) is 50.2 Å². The van der Waals surface area contributed by atoms with Crippen molar-refractivity contribution in [3.05, 3.63) is 101 Å². The first kappa shape index (κ1) is 31.9. The number of aliphatic hydroxyl groups excluding tert-OH is 1. The van der Waals surface area contributed by atoms with E-state index in [4.69, 9.17) is 4.98 Å². The molecule has 0 unspecified atom stereocenters. The molecule has 221 valence electrons. The standard InChI is InChI=1S/C25H18N.C13H24O2.Ir/c1-2-7-22-16(4-1)12-13-26-25(22)21-14-19-10-8-17-5-3-6-18-9-11-20(15-21)24(19)23(17)18;1-5-10(6-2)12(14)9-13(15)11(7-3)8-4;/h1-7,12-14H,8-11H2;9-11,14H,5-8H2,1-4H3;/q-1;;/b;12-9-;. The Kier molecular flexibility index (Phi) is 10.9. The van der Waals surface area contributed by atoms with Crippen LogP contribution in [0.2, 0.25) is 0 Å². The van der Waals surface area contributed by atoms with Gasteiger partial charge in [-0.15, -0.1) is 28.8 Å². The average Bonchev–Trinajstić information content (AvgIpc) is 3.01. The molecule has 6 rings (SSSR count). The minimum absolute atomic E-state index is 0. The molecule has 3 nitrogen and oxygen atoms in total. The minimum atomic E-state index is 0. The molecule has 4 heteroatoms. The average molecular weight is 737 g/mol. The van der Waals surface area contributed by atoms with Gasteiger partial charge in [-0.2, -0.15) is 0 Å². The fourth-order valence-corrected chi connectivity index (χ4v) is 6.56. The molecule has 4 aromatic rings. The summed E-state index contributed by atoms with van der Waals surface area (Å²) >= 11 is 0. The summed E-state index contributed by atoms with van der Waals surface area (Å²) in [6.45, 7) is 8.07. The Morgan fingerprint density at radius 3 is 2.17 bits per heavy atom. The third-order valence-corrected chi connectivity index (χ3v) is 9.03. The van der Waals surface area contributed by atoms with Crippen molar-refractivity contribution in [3.8, 4) is 22.4 Å². The second-order valence-electron chi connectivity index (χ2n) is 11.4. The minimum Gasteiger partial charge on any atom is -0.512 e. The van der Waals surface area contributed by atoms with Crippen LogP contribution in [0, 0.1) is 17.9 Å². The maximum absolute atomic E-state index is 11.7. The van der Waals surface area contributed by atoms with E-state index in [9.17, 15) is 9.90 Å². The number of allylic oxidation sites excluding steroid dienone is 2. The number of benzene rings is 3. The summed E-state index contributed by atoms with van der Waals surface area (Å²) < 4.78 is 0. The fraction of sp³-hybridized carbons (Fsp3) is 0.368. The van der Waals surface area contributed by atoms with E-state index in [0.29, 0.717) is 0 Å². The van der Waals surface area contributed by atoms with Crippen LogP contribution in [-0.2, 0) is 50.6 Å². The molecule has 2 aliphatic rings. The van der Waals surface area contributed by atoms with Crippen molar-refractivity contribution >= 4 is 16.6 Å². The van der Waals surface area contributed by atoms with Gasteiger partial charge in [-0.25, -0.2) is 0 Å². The second-order valence-corrected chi connectivity index (χ2v) is 11.4. The van der Waals surface area contributed by atoms with E-state index in [2.05, 4.69) is 60.7 Å². The Bertz CT molecular complexity index is 1530. The summed E-state index contributed by atoms with van der Waals surface area (Å²) in [5.74, 6) is 0.547. The molecular formula is C38H42IrNO2-. The number of carbonyl (C=O) groups is 1. The Hall–Kier alpha value is -3.07. The molecular weight excluding hydrogens is 695 g/mol. The number of ketones is 1. The number of hydrogen-bond acceptors (Lipinski definition) is 3. The number of aromatic nitrogens is 1. The SMILES string of the molecule is CCC(CC)C(=O)/C=C(\O)C(CC)CC.[Ir].[c-]1c(-c2nccc3ccccc23)cc2c3c1CCc1cccc(c1-3)CC2. The van der Waals surface area contributed by atoms with E-state index in [0.717, 1.165) is 62.6 Å². The van der Waals surface area contributed by atoms with Gasteiger partial charge in [-0.1, -0.05) is 81.3 Å². The van der Waals surface area contributed by atoms with Crippen molar-refractivity contribution in [2.45, 2.75) is 79.1 Å². The molecule has 2 aliphatic carbocycles. The van der Waals surface area contributed by atoms with Gasteiger partial charge in [0.15, 0.2) is 5.78 Å². The van der Waals surface area contributed by atoms with E-state index in [1.807, 2.05) is 33.9 Å². The van der Waals surface area contributed by atoms with Gasteiger partial charge < -0.3 is 10.1 Å². The molecule has 1 heterocycles. The summed E-state index contributed by atoms with van der Waals surface area (Å²) in [5.41, 5.74) is 11.1. The molecule has 0 spiro atoms. The second kappa shape index (κ2) is 14.4. The Balaban J connectivity index is 0.000000221. The molecule has 42 heavy (non-hydrogen) atoms. The summed E-state index contributed by atoms with van der Waals surface area (Å²) in [4.78, 5) is 16.4. The molecule has 0 bridgehead atoms. The monoisotopic (exact) mass is 737 g/mol. The number of pyridine rings is 1. The van der Waals surface area contributed by atoms with Crippen molar-refractivity contribution in [3.63, 3.8) is 0 Å². The third-order valence-electron chi connectivity index (χ3n) is 9.03. The molecule has 3 aromatic carbocycles. The molecule has 1 N–H and O–H groups in total. The van der Waals surface area contributed by atoms with Gasteiger partial charge in [0.05, 0.1) is 5.76 Å². The summed E-state index contributed by atoms with van der Waals surface area (Å²) in [7, 11) is 0. The third kappa shape index (κ3) is 6.46. The van der Waals surface area contributed by atoms with E-state index in [1.54, 1.807) is 0 Å². The van der Waals surface area contributed by atoms with Crippen LogP contribution in [0.1, 0.15) is 75.6 Å². The quantitative estimate of drug-likeness (QED) is 0.111. The van der Waals surface area contributed by atoms with Gasteiger partial charge in [-0.05, 0) is 85.0 Å². The summed E-state index contributed by atoms with van der Waals surface area (Å²) in [5, 5.41) is 12.2. The molecule has 1 radical (unpaired) electrons. The van der Waals surface area contributed by atoms with Gasteiger partial charge in [0.2, 0.25) is 0 Å². The number of rotatable bonds is 8. The zero-order chi connectivity index (χ0) is 28.9. The Morgan fingerprint density at radius 2 is 1.48 bits per heavy atom. The largest absolute Gasteiger partial charge is 0.512 e. The van der Waals surface area contributed by atoms with E-state index < -0.39 is 0 Å². The van der Waals surface area contributed by atoms with Gasteiger partial charge in [-0.3, -0.25) is 4.79 Å². The van der Waals surface area contributed by atoms with Crippen LogP contribution in [0.5, 0.6) is 0 Å². The van der Waals surface area contributed by atoms with Crippen molar-refractivity contribution in [2.24, 2.45) is 11.8 Å². The predicted molar refractivity (Wildman–Crippen MR) is 170 cm³/mol. The zero-order valence-corrected chi connectivity index (χ0v) is 27.7. The van der Waals surface area contributed by atoms with Crippen LogP contribution in [-0.4, -0.2) is 15.9 Å². The van der Waals surface area contributed by atoms with Crippen LogP contribution >= 0.6 is 0 Å². The van der Waals surface area contributed by atoms with Gasteiger partial charge in [0, 0.05) is 44.2 Å². The molecule has 0 amide bonds. The van der Waals surface area contributed by atoms with Crippen molar-refractivity contribution in [2.75, 3.05) is 0 Å². The molecule has 0 fully saturated rings. The maximum atomic E-state index is 11.7. The van der Waals surface area contributed by atoms with Crippen LogP contribution in [0.4, 0.5) is 0 Å². The summed E-state index contributed by atoms with van der Waals surface area (Å²) in [6, 6.07) is 23.5. The number of carbonyl (C=O) groups excluding carboxylic acids is 1. The van der Waals surface area contributed by atoms with Crippen LogP contribution in [0.15, 0.2) is 72.6 Å². The number of nitrogens with zero attached hydrogens (tertiary/aromatic N) is 1. The smallest absolute Gasteiger partial charge is 0.162 e. The first-order valence-corrected chi connectivity index (χ1v) is 15.5. The van der Waals surface area contributed by atoms with Gasteiger partial charge in [0.1, 0.15) is 0 Å². The Labute approximate surface area is 264 Å². The molecule has 0 saturated carbocycles. The topological polar surface area (TPSA) is 50.2 Å². The predicted octanol–water partition coefficient (Wildman–Crippen LogP) is 9.43. The first-order chi connectivity index (χ1) is 20.0. The van der Waals surface area contributed by atoms with Gasteiger partial charge >= 0.3 is 0 Å². The molecule has 0 aliphatic heterocycles. The molecule has 0 saturated heterocycles. The zero-order valence-electron chi connectivity index (χ0n) is 25.3. The number of hydrogen-bond donors (Lipinski definition) is 1. The normalized spacial score (nSPS) is 13.3. The van der Waals surface area contributed by atoms with E-state index in [-0.39, 0.29) is 43.5 Å². The summed E-state index contributed by atoms with van der Waals surface area (Å²) in [6.07, 6.45) is 11.3. The van der Waals surface area contributed by atoms with Crippen molar-refractivity contribution < 1.29 is 30.0 Å². The first-order valence-electron chi connectivity index (χ1n) is 15.5.